The molecule has 20 heavy (non-hydrogen) atoms. The minimum atomic E-state index is 0.356. The molecule has 0 unspecified atom stereocenters. The Balaban J connectivity index is 2.44. The van der Waals surface area contributed by atoms with Crippen LogP contribution in [0.3, 0.4) is 0 Å². The third-order valence-corrected chi connectivity index (χ3v) is 3.08. The number of para-hydroxylation sites is 1. The van der Waals surface area contributed by atoms with Crippen LogP contribution in [0.5, 0.6) is 5.75 Å². The molecule has 0 atom stereocenters. The first kappa shape index (κ1) is 14.1. The van der Waals surface area contributed by atoms with E-state index in [0.717, 1.165) is 25.1 Å². The van der Waals surface area contributed by atoms with Crippen molar-refractivity contribution in [2.75, 3.05) is 24.3 Å². The van der Waals surface area contributed by atoms with Gasteiger partial charge in [-0.25, -0.2) is 9.97 Å². The Bertz CT molecular complexity index is 545. The number of methoxy groups -OCH3 is 1. The predicted octanol–water partition coefficient (Wildman–Crippen LogP) is 3.01. The van der Waals surface area contributed by atoms with Crippen molar-refractivity contribution in [2.24, 2.45) is 0 Å². The summed E-state index contributed by atoms with van der Waals surface area (Å²) in [7, 11) is 1.58. The van der Waals surface area contributed by atoms with Crippen LogP contribution in [0.4, 0.5) is 17.3 Å². The van der Waals surface area contributed by atoms with E-state index >= 15 is 0 Å². The van der Waals surface area contributed by atoms with E-state index in [-0.39, 0.29) is 0 Å². The first-order chi connectivity index (χ1) is 9.77. The number of benzene rings is 1. The molecule has 1 aromatic carbocycles. The van der Waals surface area contributed by atoms with Crippen LogP contribution in [-0.4, -0.2) is 23.6 Å². The van der Waals surface area contributed by atoms with Crippen molar-refractivity contribution >= 4 is 17.3 Å². The molecule has 0 fully saturated rings. The Hall–Kier alpha value is -2.30. The summed E-state index contributed by atoms with van der Waals surface area (Å²) < 4.78 is 5.37. The number of hydrogen-bond acceptors (Lipinski definition) is 5. The SMILES string of the molecule is CCCCN(c1ccccc1)c1ncnc(N)c1OC. The Kier molecular flexibility index (Phi) is 4.76. The first-order valence-electron chi connectivity index (χ1n) is 6.75. The molecular weight excluding hydrogens is 252 g/mol. The number of unbranched alkanes of at least 4 members (excludes halogenated alkanes) is 1. The minimum absolute atomic E-state index is 0.356. The summed E-state index contributed by atoms with van der Waals surface area (Å²) >= 11 is 0. The molecule has 5 heteroatoms. The highest BCUT2D eigenvalue weighted by Gasteiger charge is 2.17. The molecule has 0 saturated carbocycles. The van der Waals surface area contributed by atoms with E-state index in [4.69, 9.17) is 10.5 Å². The van der Waals surface area contributed by atoms with E-state index in [1.807, 2.05) is 30.3 Å². The highest BCUT2D eigenvalue weighted by Crippen LogP contribution is 2.34. The second-order valence-corrected chi connectivity index (χ2v) is 4.46. The van der Waals surface area contributed by atoms with Gasteiger partial charge in [-0.1, -0.05) is 31.5 Å². The van der Waals surface area contributed by atoms with Gasteiger partial charge in [-0.05, 0) is 18.6 Å². The van der Waals surface area contributed by atoms with Crippen LogP contribution in [0.1, 0.15) is 19.8 Å². The monoisotopic (exact) mass is 272 g/mol. The molecule has 0 aliphatic heterocycles. The third kappa shape index (κ3) is 2.99. The van der Waals surface area contributed by atoms with E-state index in [1.165, 1.54) is 6.33 Å². The van der Waals surface area contributed by atoms with Crippen molar-refractivity contribution < 1.29 is 4.74 Å². The van der Waals surface area contributed by atoms with Crippen molar-refractivity contribution in [3.05, 3.63) is 36.7 Å². The molecule has 106 valence electrons. The molecule has 0 spiro atoms. The van der Waals surface area contributed by atoms with E-state index in [2.05, 4.69) is 21.8 Å². The lowest BCUT2D eigenvalue weighted by Gasteiger charge is -2.25. The average molecular weight is 272 g/mol. The van der Waals surface area contributed by atoms with Gasteiger partial charge in [-0.15, -0.1) is 0 Å². The zero-order valence-corrected chi connectivity index (χ0v) is 11.9. The summed E-state index contributed by atoms with van der Waals surface area (Å²) in [6, 6.07) is 10.1. The molecule has 0 saturated heterocycles. The summed E-state index contributed by atoms with van der Waals surface area (Å²) in [4.78, 5) is 10.4. The maximum Gasteiger partial charge on any atom is 0.204 e. The van der Waals surface area contributed by atoms with Crippen molar-refractivity contribution in [2.45, 2.75) is 19.8 Å². The second-order valence-electron chi connectivity index (χ2n) is 4.46. The third-order valence-electron chi connectivity index (χ3n) is 3.08. The summed E-state index contributed by atoms with van der Waals surface area (Å²) in [6.45, 7) is 3.02. The van der Waals surface area contributed by atoms with E-state index in [0.29, 0.717) is 17.4 Å². The van der Waals surface area contributed by atoms with E-state index in [1.54, 1.807) is 7.11 Å². The maximum atomic E-state index is 5.87. The molecule has 1 aromatic heterocycles. The van der Waals surface area contributed by atoms with Crippen LogP contribution in [0.2, 0.25) is 0 Å². The number of anilines is 3. The highest BCUT2D eigenvalue weighted by molar-refractivity contribution is 5.70. The highest BCUT2D eigenvalue weighted by atomic mass is 16.5. The number of nitrogens with two attached hydrogens (primary N) is 1. The zero-order valence-electron chi connectivity index (χ0n) is 11.9. The summed E-state index contributed by atoms with van der Waals surface area (Å²) in [5.74, 6) is 1.59. The first-order valence-corrected chi connectivity index (χ1v) is 6.75. The Morgan fingerprint density at radius 3 is 2.60 bits per heavy atom. The van der Waals surface area contributed by atoms with Gasteiger partial charge in [-0.2, -0.15) is 0 Å². The van der Waals surface area contributed by atoms with Crippen molar-refractivity contribution in [3.63, 3.8) is 0 Å². The lowest BCUT2D eigenvalue weighted by atomic mass is 10.2. The van der Waals surface area contributed by atoms with Gasteiger partial charge in [0.25, 0.3) is 0 Å². The Morgan fingerprint density at radius 1 is 1.20 bits per heavy atom. The Labute approximate surface area is 119 Å². The number of ether oxygens (including phenoxy) is 1. The zero-order chi connectivity index (χ0) is 14.4. The second kappa shape index (κ2) is 6.75. The standard InChI is InChI=1S/C15H20N4O/c1-3-4-10-19(12-8-6-5-7-9-12)15-13(20-2)14(16)17-11-18-15/h5-9,11H,3-4,10H2,1-2H3,(H2,16,17,18). The van der Waals surface area contributed by atoms with Crippen LogP contribution < -0.4 is 15.4 Å². The molecule has 2 N–H and O–H groups in total. The summed E-state index contributed by atoms with van der Waals surface area (Å²) in [6.07, 6.45) is 3.63. The van der Waals surface area contributed by atoms with Gasteiger partial charge >= 0.3 is 0 Å². The molecule has 0 aliphatic rings. The normalized spacial score (nSPS) is 10.3. The largest absolute Gasteiger partial charge is 0.490 e. The van der Waals surface area contributed by atoms with Gasteiger partial charge in [0.2, 0.25) is 5.75 Å². The van der Waals surface area contributed by atoms with Crippen molar-refractivity contribution in [1.29, 1.82) is 0 Å². The molecular formula is C15H20N4O. The van der Waals surface area contributed by atoms with E-state index in [9.17, 15) is 0 Å². The molecule has 0 aliphatic carbocycles. The summed E-state index contributed by atoms with van der Waals surface area (Å²) in [5, 5.41) is 0. The van der Waals surface area contributed by atoms with Gasteiger partial charge in [0, 0.05) is 12.2 Å². The van der Waals surface area contributed by atoms with Crippen LogP contribution in [0.15, 0.2) is 36.7 Å². The van der Waals surface area contributed by atoms with Crippen LogP contribution in [0.25, 0.3) is 0 Å². The fraction of sp³-hybridized carbons (Fsp3) is 0.333. The molecule has 1 heterocycles. The van der Waals surface area contributed by atoms with Gasteiger partial charge in [0.1, 0.15) is 6.33 Å². The molecule has 2 rings (SSSR count). The molecule has 0 radical (unpaired) electrons. The molecule has 2 aromatic rings. The maximum absolute atomic E-state index is 5.87. The quantitative estimate of drug-likeness (QED) is 0.875. The molecule has 0 bridgehead atoms. The smallest absolute Gasteiger partial charge is 0.204 e. The van der Waals surface area contributed by atoms with Gasteiger partial charge in [0.05, 0.1) is 7.11 Å². The fourth-order valence-corrected chi connectivity index (χ4v) is 2.05. The average Bonchev–Trinajstić information content (AvgIpc) is 2.49. The minimum Gasteiger partial charge on any atom is -0.490 e. The fourth-order valence-electron chi connectivity index (χ4n) is 2.05. The number of aromatic nitrogens is 2. The van der Waals surface area contributed by atoms with Gasteiger partial charge < -0.3 is 15.4 Å². The predicted molar refractivity (Wildman–Crippen MR) is 81.4 cm³/mol. The number of nitrogen functional groups attached to an aromatic ring is 1. The van der Waals surface area contributed by atoms with Crippen LogP contribution in [0, 0.1) is 0 Å². The molecule has 0 amide bonds. The van der Waals surface area contributed by atoms with Gasteiger partial charge in [0.15, 0.2) is 11.6 Å². The Morgan fingerprint density at radius 2 is 1.95 bits per heavy atom. The van der Waals surface area contributed by atoms with Crippen LogP contribution in [-0.2, 0) is 0 Å². The number of rotatable bonds is 6. The summed E-state index contributed by atoms with van der Waals surface area (Å²) in [5.41, 5.74) is 6.94. The van der Waals surface area contributed by atoms with Crippen molar-refractivity contribution in [3.8, 4) is 5.75 Å². The number of nitrogens with zero attached hydrogens (tertiary/aromatic N) is 3. The lowest BCUT2D eigenvalue weighted by molar-refractivity contribution is 0.413. The topological polar surface area (TPSA) is 64.3 Å². The van der Waals surface area contributed by atoms with Gasteiger partial charge in [-0.3, -0.25) is 0 Å². The lowest BCUT2D eigenvalue weighted by Crippen LogP contribution is -2.21. The van der Waals surface area contributed by atoms with Crippen molar-refractivity contribution in [1.82, 2.24) is 9.97 Å². The molecule has 5 nitrogen and oxygen atoms in total. The van der Waals surface area contributed by atoms with Crippen LogP contribution >= 0.6 is 0 Å². The number of hydrogen-bond donors (Lipinski definition) is 1. The van der Waals surface area contributed by atoms with E-state index < -0.39 is 0 Å².